The van der Waals surface area contributed by atoms with E-state index in [0.717, 1.165) is 42.3 Å². The first kappa shape index (κ1) is 25.6. The highest BCUT2D eigenvalue weighted by atomic mass is 16.5. The number of hydrogen-bond acceptors (Lipinski definition) is 9. The Labute approximate surface area is 212 Å². The third-order valence-corrected chi connectivity index (χ3v) is 6.52. The minimum absolute atomic E-state index is 0.0448. The fourth-order valence-corrected chi connectivity index (χ4v) is 4.83. The summed E-state index contributed by atoms with van der Waals surface area (Å²) < 4.78 is 11.7. The quantitative estimate of drug-likeness (QED) is 0.550. The van der Waals surface area contributed by atoms with E-state index in [1.807, 2.05) is 25.9 Å². The lowest BCUT2D eigenvalue weighted by Gasteiger charge is -2.38. The van der Waals surface area contributed by atoms with Gasteiger partial charge in [0.05, 0.1) is 25.0 Å². The molecule has 2 aliphatic rings. The van der Waals surface area contributed by atoms with E-state index >= 15 is 0 Å². The molecular formula is C26H36N6O4. The molecule has 0 bridgehead atoms. The molecule has 1 atom stereocenters. The maximum Gasteiger partial charge on any atom is 0.318 e. The number of fused-ring (bicyclic) bond motifs is 1. The van der Waals surface area contributed by atoms with Crippen LogP contribution in [0.2, 0.25) is 0 Å². The molecular weight excluding hydrogens is 460 g/mol. The number of nitrogens with zero attached hydrogens (tertiary/aromatic N) is 6. The van der Waals surface area contributed by atoms with E-state index in [9.17, 15) is 9.90 Å². The molecule has 0 radical (unpaired) electrons. The Morgan fingerprint density at radius 3 is 2.61 bits per heavy atom. The van der Waals surface area contributed by atoms with Crippen molar-refractivity contribution in [2.45, 2.75) is 26.0 Å². The van der Waals surface area contributed by atoms with Gasteiger partial charge in [0.2, 0.25) is 5.91 Å². The number of aromatic nitrogens is 2. The molecule has 1 amide bonds. The van der Waals surface area contributed by atoms with Crippen molar-refractivity contribution >= 4 is 17.4 Å². The lowest BCUT2D eigenvalue weighted by molar-refractivity contribution is -0.126. The molecule has 1 aromatic carbocycles. The van der Waals surface area contributed by atoms with Crippen LogP contribution >= 0.6 is 0 Å². The molecule has 194 valence electrons. The Balaban J connectivity index is 1.65. The SMILES string of the molecule is C=CC(=O)N1CCN(c2nc(O[C@H](C)CN(C)C)nc3c2CCN(c2cc(O)ccc2OC)C3)CC1. The van der Waals surface area contributed by atoms with Crippen LogP contribution in [0, 0.1) is 0 Å². The van der Waals surface area contributed by atoms with Crippen molar-refractivity contribution in [2.24, 2.45) is 0 Å². The second-order valence-electron chi connectivity index (χ2n) is 9.49. The predicted molar refractivity (Wildman–Crippen MR) is 139 cm³/mol. The average Bonchev–Trinajstić information content (AvgIpc) is 2.87. The summed E-state index contributed by atoms with van der Waals surface area (Å²) in [6.07, 6.45) is 2.02. The van der Waals surface area contributed by atoms with Crippen LogP contribution in [-0.4, -0.2) is 97.4 Å². The zero-order valence-electron chi connectivity index (χ0n) is 21.6. The smallest absolute Gasteiger partial charge is 0.318 e. The molecule has 1 fully saturated rings. The molecule has 1 aromatic heterocycles. The summed E-state index contributed by atoms with van der Waals surface area (Å²) in [5.74, 6) is 1.72. The highest BCUT2D eigenvalue weighted by molar-refractivity contribution is 5.87. The van der Waals surface area contributed by atoms with Gasteiger partial charge in [-0.2, -0.15) is 9.97 Å². The van der Waals surface area contributed by atoms with Gasteiger partial charge in [0.25, 0.3) is 0 Å². The molecule has 1 N–H and O–H groups in total. The van der Waals surface area contributed by atoms with Crippen LogP contribution < -0.4 is 19.3 Å². The summed E-state index contributed by atoms with van der Waals surface area (Å²) >= 11 is 0. The first-order valence-corrected chi connectivity index (χ1v) is 12.3. The third-order valence-electron chi connectivity index (χ3n) is 6.52. The van der Waals surface area contributed by atoms with Gasteiger partial charge in [-0.25, -0.2) is 0 Å². The summed E-state index contributed by atoms with van der Waals surface area (Å²) in [7, 11) is 5.63. The summed E-state index contributed by atoms with van der Waals surface area (Å²) in [4.78, 5) is 30.0. The van der Waals surface area contributed by atoms with Gasteiger partial charge in [0, 0.05) is 50.9 Å². The van der Waals surface area contributed by atoms with Gasteiger partial charge >= 0.3 is 6.01 Å². The fourth-order valence-electron chi connectivity index (χ4n) is 4.83. The highest BCUT2D eigenvalue weighted by Gasteiger charge is 2.29. The Bertz CT molecular complexity index is 1100. The Morgan fingerprint density at radius 1 is 1.19 bits per heavy atom. The predicted octanol–water partition coefficient (Wildman–Crippen LogP) is 1.92. The number of anilines is 2. The van der Waals surface area contributed by atoms with E-state index in [-0.39, 0.29) is 17.8 Å². The Kier molecular flexibility index (Phi) is 7.83. The van der Waals surface area contributed by atoms with Crippen LogP contribution in [-0.2, 0) is 17.8 Å². The largest absolute Gasteiger partial charge is 0.508 e. The molecule has 2 aromatic rings. The topological polar surface area (TPSA) is 94.5 Å². The van der Waals surface area contributed by atoms with Gasteiger partial charge in [0.15, 0.2) is 0 Å². The number of carbonyl (C=O) groups is 1. The van der Waals surface area contributed by atoms with Crippen molar-refractivity contribution in [1.82, 2.24) is 19.8 Å². The Hall–Kier alpha value is -3.53. The molecule has 0 spiro atoms. The molecule has 0 unspecified atom stereocenters. The second kappa shape index (κ2) is 11.0. The van der Waals surface area contributed by atoms with Gasteiger partial charge < -0.3 is 34.2 Å². The number of carbonyl (C=O) groups excluding carboxylic acids is 1. The molecule has 0 saturated carbocycles. The van der Waals surface area contributed by atoms with Gasteiger partial charge in [-0.05, 0) is 45.6 Å². The number of methoxy groups -OCH3 is 1. The minimum Gasteiger partial charge on any atom is -0.508 e. The number of amides is 1. The van der Waals surface area contributed by atoms with Crippen molar-refractivity contribution in [1.29, 1.82) is 0 Å². The number of ether oxygens (including phenoxy) is 2. The van der Waals surface area contributed by atoms with Crippen LogP contribution in [0.3, 0.4) is 0 Å². The number of rotatable bonds is 8. The highest BCUT2D eigenvalue weighted by Crippen LogP contribution is 2.37. The third kappa shape index (κ3) is 5.64. The monoisotopic (exact) mass is 496 g/mol. The zero-order chi connectivity index (χ0) is 25.8. The average molecular weight is 497 g/mol. The van der Waals surface area contributed by atoms with Gasteiger partial charge in [-0.15, -0.1) is 0 Å². The number of benzene rings is 1. The lowest BCUT2D eigenvalue weighted by Crippen LogP contribution is -2.49. The van der Waals surface area contributed by atoms with Crippen LogP contribution in [0.4, 0.5) is 11.5 Å². The maximum atomic E-state index is 12.1. The number of phenolic OH excluding ortho intramolecular Hbond substituents is 1. The van der Waals surface area contributed by atoms with Crippen molar-refractivity contribution in [3.8, 4) is 17.5 Å². The maximum absolute atomic E-state index is 12.1. The standard InChI is InChI=1S/C26H36N6O4/c1-6-24(34)30-11-13-31(14-12-30)25-20-9-10-32(22-15-19(33)7-8-23(22)35-5)17-21(20)27-26(28-25)36-18(2)16-29(3)4/h6-8,15,18,33H,1,9-14,16-17H2,2-5H3/t18-/m1/s1. The molecule has 2 aliphatic heterocycles. The normalized spacial score (nSPS) is 16.5. The van der Waals surface area contributed by atoms with Gasteiger partial charge in [0.1, 0.15) is 23.4 Å². The molecule has 0 aliphatic carbocycles. The van der Waals surface area contributed by atoms with Crippen LogP contribution in [0.15, 0.2) is 30.9 Å². The van der Waals surface area contributed by atoms with Gasteiger partial charge in [-0.3, -0.25) is 4.79 Å². The second-order valence-corrected chi connectivity index (χ2v) is 9.49. The Morgan fingerprint density at radius 2 is 1.94 bits per heavy atom. The number of likely N-dealkylation sites (N-methyl/N-ethyl adjacent to an activating group) is 1. The molecule has 1 saturated heterocycles. The minimum atomic E-state index is -0.0844. The van der Waals surface area contributed by atoms with Crippen molar-refractivity contribution < 1.29 is 19.4 Å². The molecule has 3 heterocycles. The summed E-state index contributed by atoms with van der Waals surface area (Å²) in [5, 5.41) is 10.1. The van der Waals surface area contributed by atoms with E-state index < -0.39 is 0 Å². The van der Waals surface area contributed by atoms with Crippen molar-refractivity contribution in [2.75, 3.05) is 70.3 Å². The number of hydrogen-bond donors (Lipinski definition) is 1. The summed E-state index contributed by atoms with van der Waals surface area (Å²) in [6, 6.07) is 5.47. The van der Waals surface area contributed by atoms with E-state index in [2.05, 4.69) is 21.3 Å². The first-order valence-electron chi connectivity index (χ1n) is 12.3. The zero-order valence-corrected chi connectivity index (χ0v) is 21.6. The van der Waals surface area contributed by atoms with Gasteiger partial charge in [-0.1, -0.05) is 6.58 Å². The van der Waals surface area contributed by atoms with Crippen LogP contribution in [0.25, 0.3) is 0 Å². The summed E-state index contributed by atoms with van der Waals surface area (Å²) in [6.45, 7) is 10.2. The molecule has 4 rings (SSSR count). The van der Waals surface area contributed by atoms with Crippen LogP contribution in [0.1, 0.15) is 18.2 Å². The molecule has 10 heteroatoms. The lowest BCUT2D eigenvalue weighted by atomic mass is 10.0. The first-order chi connectivity index (χ1) is 17.3. The van der Waals surface area contributed by atoms with Crippen molar-refractivity contribution in [3.63, 3.8) is 0 Å². The number of phenols is 1. The van der Waals surface area contributed by atoms with E-state index in [1.54, 1.807) is 25.3 Å². The number of aromatic hydroxyl groups is 1. The van der Waals surface area contributed by atoms with E-state index in [1.165, 1.54) is 6.08 Å². The number of piperazine rings is 1. The fraction of sp³-hybridized carbons (Fsp3) is 0.500. The van der Waals surface area contributed by atoms with Crippen molar-refractivity contribution in [3.05, 3.63) is 42.1 Å². The summed E-state index contributed by atoms with van der Waals surface area (Å²) in [5.41, 5.74) is 2.82. The van der Waals surface area contributed by atoms with Crippen LogP contribution in [0.5, 0.6) is 17.5 Å². The molecule has 10 nitrogen and oxygen atoms in total. The van der Waals surface area contributed by atoms with E-state index in [4.69, 9.17) is 19.4 Å². The molecule has 36 heavy (non-hydrogen) atoms. The van der Waals surface area contributed by atoms with E-state index in [0.29, 0.717) is 44.5 Å².